The smallest absolute Gasteiger partial charge is 0.264 e. The van der Waals surface area contributed by atoms with Crippen molar-refractivity contribution in [2.24, 2.45) is 0 Å². The second-order valence-corrected chi connectivity index (χ2v) is 12.2. The molecule has 0 bridgehead atoms. The summed E-state index contributed by atoms with van der Waals surface area (Å²) in [5.41, 5.74) is 2.26. The number of carbonyl (C=O) groups is 2. The third kappa shape index (κ3) is 7.45. The van der Waals surface area contributed by atoms with E-state index in [1.54, 1.807) is 42.5 Å². The van der Waals surface area contributed by atoms with Gasteiger partial charge in [0.1, 0.15) is 12.6 Å². The van der Waals surface area contributed by atoms with Crippen molar-refractivity contribution in [3.05, 3.63) is 94.5 Å². The maximum absolute atomic E-state index is 14.0. The molecule has 1 atom stereocenters. The van der Waals surface area contributed by atoms with E-state index in [1.165, 1.54) is 17.0 Å². The normalized spacial score (nSPS) is 12.2. The van der Waals surface area contributed by atoms with E-state index >= 15 is 0 Å². The predicted molar refractivity (Wildman–Crippen MR) is 154 cm³/mol. The highest BCUT2D eigenvalue weighted by molar-refractivity contribution is 9.10. The van der Waals surface area contributed by atoms with Crippen molar-refractivity contribution in [1.29, 1.82) is 0 Å². The minimum Gasteiger partial charge on any atom is -0.352 e. The first-order valence-electron chi connectivity index (χ1n) is 12.5. The number of carbonyl (C=O) groups excluding carboxylic acids is 2. The van der Waals surface area contributed by atoms with Crippen LogP contribution in [-0.2, 0) is 26.2 Å². The van der Waals surface area contributed by atoms with E-state index in [4.69, 9.17) is 0 Å². The summed E-state index contributed by atoms with van der Waals surface area (Å²) in [6.45, 7) is 7.23. The molecule has 0 heterocycles. The average Bonchev–Trinajstić information content (AvgIpc) is 2.88. The molecule has 3 rings (SSSR count). The SMILES string of the molecule is CC[C@@H](C(=O)NC(C)C)N(Cc1ccc(C)cc1)C(=O)CN(c1cccc(Br)c1)S(=O)(=O)c1ccccc1. The van der Waals surface area contributed by atoms with E-state index in [1.807, 2.05) is 52.0 Å². The van der Waals surface area contributed by atoms with Gasteiger partial charge in [0.2, 0.25) is 11.8 Å². The summed E-state index contributed by atoms with van der Waals surface area (Å²) < 4.78 is 29.3. The highest BCUT2D eigenvalue weighted by Gasteiger charge is 2.33. The van der Waals surface area contributed by atoms with E-state index in [0.29, 0.717) is 16.6 Å². The highest BCUT2D eigenvalue weighted by atomic mass is 79.9. The Kier molecular flexibility index (Phi) is 10.1. The number of rotatable bonds is 11. The molecule has 1 N–H and O–H groups in total. The number of hydrogen-bond donors (Lipinski definition) is 1. The summed E-state index contributed by atoms with van der Waals surface area (Å²) in [7, 11) is -4.09. The van der Waals surface area contributed by atoms with Crippen LogP contribution in [-0.4, -0.2) is 43.8 Å². The molecule has 0 aliphatic heterocycles. The van der Waals surface area contributed by atoms with Gasteiger partial charge < -0.3 is 10.2 Å². The molecule has 0 aromatic heterocycles. The topological polar surface area (TPSA) is 86.8 Å². The van der Waals surface area contributed by atoms with Crippen molar-refractivity contribution in [2.75, 3.05) is 10.8 Å². The second kappa shape index (κ2) is 13.1. The van der Waals surface area contributed by atoms with Crippen LogP contribution in [0.3, 0.4) is 0 Å². The number of hydrogen-bond acceptors (Lipinski definition) is 4. The molecule has 3 aromatic carbocycles. The van der Waals surface area contributed by atoms with Crippen molar-refractivity contribution in [3.8, 4) is 0 Å². The van der Waals surface area contributed by atoms with Crippen LogP contribution in [0.5, 0.6) is 0 Å². The van der Waals surface area contributed by atoms with Crippen molar-refractivity contribution in [1.82, 2.24) is 10.2 Å². The lowest BCUT2D eigenvalue weighted by atomic mass is 10.1. The first-order chi connectivity index (χ1) is 18.0. The largest absolute Gasteiger partial charge is 0.352 e. The molecule has 0 spiro atoms. The molecule has 38 heavy (non-hydrogen) atoms. The van der Waals surface area contributed by atoms with Gasteiger partial charge >= 0.3 is 0 Å². The van der Waals surface area contributed by atoms with Gasteiger partial charge in [0.05, 0.1) is 10.6 Å². The number of halogens is 1. The van der Waals surface area contributed by atoms with E-state index in [-0.39, 0.29) is 23.4 Å². The Hall–Kier alpha value is -3.17. The van der Waals surface area contributed by atoms with Gasteiger partial charge in [-0.25, -0.2) is 8.42 Å². The van der Waals surface area contributed by atoms with Gasteiger partial charge in [0, 0.05) is 17.1 Å². The van der Waals surface area contributed by atoms with Crippen LogP contribution in [0.4, 0.5) is 5.69 Å². The zero-order chi connectivity index (χ0) is 27.9. The quantitative estimate of drug-likeness (QED) is 0.324. The zero-order valence-electron chi connectivity index (χ0n) is 22.1. The number of aryl methyl sites for hydroxylation is 1. The Labute approximate surface area is 234 Å². The van der Waals surface area contributed by atoms with Gasteiger partial charge in [-0.3, -0.25) is 13.9 Å². The van der Waals surface area contributed by atoms with Gasteiger partial charge in [0.25, 0.3) is 10.0 Å². The molecular formula is C29H34BrN3O4S. The van der Waals surface area contributed by atoms with Crippen LogP contribution in [0.1, 0.15) is 38.3 Å². The molecule has 0 aliphatic rings. The van der Waals surface area contributed by atoms with Crippen molar-refractivity contribution in [3.63, 3.8) is 0 Å². The minimum atomic E-state index is -4.09. The van der Waals surface area contributed by atoms with Gasteiger partial charge in [-0.1, -0.05) is 76.9 Å². The first kappa shape index (κ1) is 29.4. The van der Waals surface area contributed by atoms with Gasteiger partial charge in [-0.2, -0.15) is 0 Å². The van der Waals surface area contributed by atoms with Crippen LogP contribution in [0, 0.1) is 6.92 Å². The summed E-state index contributed by atoms with van der Waals surface area (Å²) in [5, 5.41) is 2.90. The van der Waals surface area contributed by atoms with E-state index in [0.717, 1.165) is 15.4 Å². The predicted octanol–water partition coefficient (Wildman–Crippen LogP) is 5.28. The fourth-order valence-electron chi connectivity index (χ4n) is 4.07. The Morgan fingerprint density at radius 1 is 0.947 bits per heavy atom. The first-order valence-corrected chi connectivity index (χ1v) is 14.7. The van der Waals surface area contributed by atoms with E-state index in [9.17, 15) is 18.0 Å². The average molecular weight is 601 g/mol. The van der Waals surface area contributed by atoms with Crippen LogP contribution < -0.4 is 9.62 Å². The monoisotopic (exact) mass is 599 g/mol. The molecule has 7 nitrogen and oxygen atoms in total. The molecular weight excluding hydrogens is 566 g/mol. The van der Waals surface area contributed by atoms with Gasteiger partial charge in [0.15, 0.2) is 0 Å². The molecule has 0 saturated carbocycles. The van der Waals surface area contributed by atoms with Gasteiger partial charge in [-0.15, -0.1) is 0 Å². The maximum Gasteiger partial charge on any atom is 0.264 e. The summed E-state index contributed by atoms with van der Waals surface area (Å²) in [6.07, 6.45) is 0.373. The lowest BCUT2D eigenvalue weighted by Gasteiger charge is -2.33. The summed E-state index contributed by atoms with van der Waals surface area (Å²) in [5.74, 6) is -0.751. The molecule has 9 heteroatoms. The van der Waals surface area contributed by atoms with Crippen LogP contribution in [0.2, 0.25) is 0 Å². The molecule has 2 amide bonds. The number of amides is 2. The standard InChI is InChI=1S/C29H34BrN3O4S/c1-5-27(29(35)31-21(2)3)32(19-23-16-14-22(4)15-17-23)28(34)20-33(25-11-9-10-24(30)18-25)38(36,37)26-12-7-6-8-13-26/h6-18,21,27H,5,19-20H2,1-4H3,(H,31,35)/t27-/m0/s1. The number of nitrogens with zero attached hydrogens (tertiary/aromatic N) is 2. The summed E-state index contributed by atoms with van der Waals surface area (Å²) in [6, 6.07) is 21.6. The fourth-order valence-corrected chi connectivity index (χ4v) is 5.88. The number of benzene rings is 3. The van der Waals surface area contributed by atoms with Crippen molar-refractivity contribution in [2.45, 2.75) is 57.6 Å². The Balaban J connectivity index is 2.05. The lowest BCUT2D eigenvalue weighted by Crippen LogP contribution is -2.53. The molecule has 0 unspecified atom stereocenters. The molecule has 0 aliphatic carbocycles. The van der Waals surface area contributed by atoms with E-state index in [2.05, 4.69) is 21.2 Å². The molecule has 202 valence electrons. The number of anilines is 1. The van der Waals surface area contributed by atoms with Gasteiger partial charge in [-0.05, 0) is 63.1 Å². The van der Waals surface area contributed by atoms with Crippen molar-refractivity contribution < 1.29 is 18.0 Å². The van der Waals surface area contributed by atoms with Crippen LogP contribution >= 0.6 is 15.9 Å². The van der Waals surface area contributed by atoms with Crippen molar-refractivity contribution >= 4 is 43.5 Å². The molecule has 0 radical (unpaired) electrons. The number of nitrogens with one attached hydrogen (secondary N) is 1. The Bertz CT molecular complexity index is 1350. The fraction of sp³-hybridized carbons (Fsp3) is 0.310. The Morgan fingerprint density at radius 2 is 1.61 bits per heavy atom. The van der Waals surface area contributed by atoms with E-state index < -0.39 is 28.5 Å². The lowest BCUT2D eigenvalue weighted by molar-refractivity contribution is -0.140. The second-order valence-electron chi connectivity index (χ2n) is 9.40. The summed E-state index contributed by atoms with van der Waals surface area (Å²) in [4.78, 5) is 28.7. The Morgan fingerprint density at radius 3 is 2.18 bits per heavy atom. The number of sulfonamides is 1. The zero-order valence-corrected chi connectivity index (χ0v) is 24.5. The molecule has 0 saturated heterocycles. The minimum absolute atomic E-state index is 0.0717. The maximum atomic E-state index is 14.0. The molecule has 3 aromatic rings. The van der Waals surface area contributed by atoms with Crippen LogP contribution in [0.15, 0.2) is 88.2 Å². The highest BCUT2D eigenvalue weighted by Crippen LogP contribution is 2.27. The third-order valence-electron chi connectivity index (χ3n) is 6.00. The summed E-state index contributed by atoms with van der Waals surface area (Å²) >= 11 is 3.41. The third-order valence-corrected chi connectivity index (χ3v) is 8.28. The molecule has 0 fully saturated rings. The van der Waals surface area contributed by atoms with Crippen LogP contribution in [0.25, 0.3) is 0 Å².